The summed E-state index contributed by atoms with van der Waals surface area (Å²) in [5, 5.41) is 2.15. The summed E-state index contributed by atoms with van der Waals surface area (Å²) in [5.41, 5.74) is 5.90. The number of rotatable bonds is 4. The molecule has 4 rings (SSSR count). The lowest BCUT2D eigenvalue weighted by Crippen LogP contribution is -2.02. The first-order chi connectivity index (χ1) is 13.0. The molecule has 0 aliphatic rings. The van der Waals surface area contributed by atoms with Crippen molar-refractivity contribution in [1.29, 1.82) is 0 Å². The van der Waals surface area contributed by atoms with E-state index in [1.165, 1.54) is 5.56 Å². The number of benzene rings is 1. The zero-order valence-corrected chi connectivity index (χ0v) is 16.7. The number of hydrogen-bond acceptors (Lipinski definition) is 3. The second kappa shape index (κ2) is 6.80. The van der Waals surface area contributed by atoms with Crippen LogP contribution in [0.1, 0.15) is 57.7 Å². The van der Waals surface area contributed by atoms with Crippen molar-refractivity contribution in [2.24, 2.45) is 5.92 Å². The van der Waals surface area contributed by atoms with Gasteiger partial charge in [0.1, 0.15) is 5.58 Å². The van der Waals surface area contributed by atoms with Crippen LogP contribution >= 0.6 is 0 Å². The molecule has 27 heavy (non-hydrogen) atoms. The fourth-order valence-electron chi connectivity index (χ4n) is 3.48. The van der Waals surface area contributed by atoms with Crippen LogP contribution in [0.3, 0.4) is 0 Å². The monoisotopic (exact) mass is 358 g/mol. The molecule has 3 aromatic heterocycles. The summed E-state index contributed by atoms with van der Waals surface area (Å²) in [6.45, 7) is 11.1. The lowest BCUT2D eigenvalue weighted by Gasteiger charge is -2.16. The molecular weight excluding hydrogens is 332 g/mol. The molecule has 0 saturated carbocycles. The first kappa shape index (κ1) is 17.7. The average molecular weight is 358 g/mol. The fourth-order valence-corrected chi connectivity index (χ4v) is 3.48. The first-order valence-electron chi connectivity index (χ1n) is 9.74. The lowest BCUT2D eigenvalue weighted by molar-refractivity contribution is 0.535. The van der Waals surface area contributed by atoms with Gasteiger partial charge >= 0.3 is 0 Å². The van der Waals surface area contributed by atoms with Crippen LogP contribution in [0, 0.1) is 5.92 Å². The molecule has 3 heterocycles. The summed E-state index contributed by atoms with van der Waals surface area (Å²) in [5.74, 6) is 1.44. The predicted molar refractivity (Wildman–Crippen MR) is 112 cm³/mol. The molecule has 1 atom stereocenters. The Morgan fingerprint density at radius 3 is 2.44 bits per heavy atom. The van der Waals surface area contributed by atoms with Crippen LogP contribution in [-0.2, 0) is 0 Å². The topological polar surface area (TPSA) is 38.9 Å². The number of furan rings is 1. The van der Waals surface area contributed by atoms with E-state index in [-0.39, 0.29) is 0 Å². The summed E-state index contributed by atoms with van der Waals surface area (Å²) < 4.78 is 6.23. The van der Waals surface area contributed by atoms with E-state index in [4.69, 9.17) is 9.40 Å². The fraction of sp³-hybridized carbons (Fsp3) is 0.333. The normalized spacial score (nSPS) is 13.1. The van der Waals surface area contributed by atoms with E-state index in [2.05, 4.69) is 82.1 Å². The van der Waals surface area contributed by atoms with Crippen molar-refractivity contribution in [2.75, 3.05) is 0 Å². The molecule has 1 unspecified atom stereocenters. The van der Waals surface area contributed by atoms with Crippen molar-refractivity contribution in [2.45, 2.75) is 46.5 Å². The summed E-state index contributed by atoms with van der Waals surface area (Å²) >= 11 is 0. The van der Waals surface area contributed by atoms with Crippen molar-refractivity contribution < 1.29 is 4.42 Å². The van der Waals surface area contributed by atoms with Crippen molar-refractivity contribution in [3.63, 3.8) is 0 Å². The van der Waals surface area contributed by atoms with Gasteiger partial charge in [0, 0.05) is 28.2 Å². The molecule has 4 aromatic rings. The molecule has 0 fully saturated rings. The zero-order valence-electron chi connectivity index (χ0n) is 16.7. The Labute approximate surface area is 160 Å². The van der Waals surface area contributed by atoms with Gasteiger partial charge in [0.2, 0.25) is 5.71 Å². The van der Waals surface area contributed by atoms with Crippen LogP contribution in [0.25, 0.3) is 33.3 Å². The van der Waals surface area contributed by atoms with E-state index < -0.39 is 0 Å². The zero-order chi connectivity index (χ0) is 19.1. The van der Waals surface area contributed by atoms with Crippen LogP contribution < -0.4 is 0 Å². The van der Waals surface area contributed by atoms with Crippen LogP contribution in [-0.4, -0.2) is 9.97 Å². The third-order valence-electron chi connectivity index (χ3n) is 5.56. The largest absolute Gasteiger partial charge is 0.437 e. The second-order valence-electron chi connectivity index (χ2n) is 8.03. The number of hydrogen-bond donors (Lipinski definition) is 0. The van der Waals surface area contributed by atoms with Crippen molar-refractivity contribution >= 4 is 22.1 Å². The van der Waals surface area contributed by atoms with Gasteiger partial charge in [0.25, 0.3) is 0 Å². The minimum absolute atomic E-state index is 0.373. The predicted octanol–water partition coefficient (Wildman–Crippen LogP) is 6.93. The third-order valence-corrected chi connectivity index (χ3v) is 5.56. The Morgan fingerprint density at radius 1 is 0.889 bits per heavy atom. The van der Waals surface area contributed by atoms with Crippen molar-refractivity contribution in [3.05, 3.63) is 59.9 Å². The molecule has 3 nitrogen and oxygen atoms in total. The Kier molecular flexibility index (Phi) is 4.47. The number of para-hydroxylation sites is 1. The van der Waals surface area contributed by atoms with E-state index >= 15 is 0 Å². The van der Waals surface area contributed by atoms with Gasteiger partial charge in [0.05, 0.1) is 5.69 Å². The first-order valence-corrected chi connectivity index (χ1v) is 9.74. The maximum atomic E-state index is 6.23. The van der Waals surface area contributed by atoms with Crippen LogP contribution in [0.5, 0.6) is 0 Å². The van der Waals surface area contributed by atoms with E-state index in [1.54, 1.807) is 0 Å². The van der Waals surface area contributed by atoms with E-state index in [9.17, 15) is 0 Å². The van der Waals surface area contributed by atoms with Crippen LogP contribution in [0.4, 0.5) is 0 Å². The Bertz CT molecular complexity index is 1110. The van der Waals surface area contributed by atoms with E-state index in [0.29, 0.717) is 23.5 Å². The average Bonchev–Trinajstić information content (AvgIpc) is 3.05. The van der Waals surface area contributed by atoms with Gasteiger partial charge in [-0.15, -0.1) is 0 Å². The maximum Gasteiger partial charge on any atom is 0.227 e. The van der Waals surface area contributed by atoms with Gasteiger partial charge in [-0.05, 0) is 53.6 Å². The van der Waals surface area contributed by atoms with Crippen molar-refractivity contribution in [1.82, 2.24) is 9.97 Å². The maximum absolute atomic E-state index is 6.23. The van der Waals surface area contributed by atoms with Gasteiger partial charge in [-0.1, -0.05) is 46.8 Å². The highest BCUT2D eigenvalue weighted by atomic mass is 16.3. The molecule has 0 bridgehead atoms. The minimum atomic E-state index is 0.373. The molecule has 0 radical (unpaired) electrons. The Morgan fingerprint density at radius 2 is 1.70 bits per heavy atom. The molecular formula is C24H26N2O. The molecule has 0 spiro atoms. The molecule has 0 aliphatic heterocycles. The van der Waals surface area contributed by atoms with Gasteiger partial charge in [-0.2, -0.15) is 0 Å². The number of nitrogens with zero attached hydrogens (tertiary/aromatic N) is 2. The van der Waals surface area contributed by atoms with E-state index in [1.807, 2.05) is 6.20 Å². The smallest absolute Gasteiger partial charge is 0.227 e. The molecule has 0 amide bonds. The third kappa shape index (κ3) is 3.12. The minimum Gasteiger partial charge on any atom is -0.437 e. The van der Waals surface area contributed by atoms with Crippen LogP contribution in [0.2, 0.25) is 0 Å². The lowest BCUT2D eigenvalue weighted by atomic mass is 9.90. The highest BCUT2D eigenvalue weighted by Gasteiger charge is 2.16. The molecule has 1 aromatic carbocycles. The van der Waals surface area contributed by atoms with Gasteiger partial charge in [0.15, 0.2) is 0 Å². The number of fused-ring (bicyclic) bond motifs is 3. The molecule has 3 heteroatoms. The summed E-state index contributed by atoms with van der Waals surface area (Å²) in [7, 11) is 0. The van der Waals surface area contributed by atoms with Crippen LogP contribution in [0.15, 0.2) is 53.1 Å². The Hall–Kier alpha value is -2.68. The molecule has 138 valence electrons. The highest BCUT2D eigenvalue weighted by molar-refractivity contribution is 6.08. The van der Waals surface area contributed by atoms with Crippen molar-refractivity contribution in [3.8, 4) is 11.3 Å². The molecule has 0 aliphatic carbocycles. The highest BCUT2D eigenvalue weighted by Crippen LogP contribution is 2.36. The number of pyridine rings is 2. The van der Waals surface area contributed by atoms with Gasteiger partial charge in [-0.3, -0.25) is 4.98 Å². The summed E-state index contributed by atoms with van der Waals surface area (Å²) in [6, 6.07) is 14.8. The number of aromatic nitrogens is 2. The quantitative estimate of drug-likeness (QED) is 0.397. The van der Waals surface area contributed by atoms with Gasteiger partial charge < -0.3 is 4.42 Å². The van der Waals surface area contributed by atoms with Gasteiger partial charge in [-0.25, -0.2) is 4.98 Å². The standard InChI is InChI=1S/C24H26N2O/c1-14(2)16(5)17-11-12-25-22(13-17)20-8-6-7-18-19-9-10-21(15(3)4)26-24(19)27-23(18)20/h6-16H,1-5H3. The SMILES string of the molecule is CC(C)c1ccc2c(n1)oc1c(-c3cc(C(C)C(C)C)ccn3)cccc12. The van der Waals surface area contributed by atoms with E-state index in [0.717, 1.165) is 33.3 Å². The second-order valence-corrected chi connectivity index (χ2v) is 8.03. The molecule has 0 saturated heterocycles. The summed E-state index contributed by atoms with van der Waals surface area (Å²) in [4.78, 5) is 9.37. The summed E-state index contributed by atoms with van der Waals surface area (Å²) in [6.07, 6.45) is 1.90. The molecule has 0 N–H and O–H groups in total. The Balaban J connectivity index is 1.90.